The Balaban J connectivity index is 1.70. The predicted octanol–water partition coefficient (Wildman–Crippen LogP) is 4.81. The van der Waals surface area contributed by atoms with Gasteiger partial charge in [0.1, 0.15) is 11.6 Å². The zero-order valence-corrected chi connectivity index (χ0v) is 14.6. The fourth-order valence-electron chi connectivity index (χ4n) is 3.02. The third-order valence-corrected chi connectivity index (χ3v) is 4.42. The Hall–Kier alpha value is -2.89. The van der Waals surface area contributed by atoms with Crippen LogP contribution in [0.1, 0.15) is 48.2 Å². The van der Waals surface area contributed by atoms with Gasteiger partial charge >= 0.3 is 0 Å². The number of carbonyl (C=O) groups excluding carboxylic acids is 2. The number of amides is 2. The number of allylic oxidation sites excluding steroid dienone is 1. The topological polar surface area (TPSA) is 71.3 Å². The highest BCUT2D eigenvalue weighted by molar-refractivity contribution is 6.05. The highest BCUT2D eigenvalue weighted by atomic mass is 19.1. The quantitative estimate of drug-likeness (QED) is 0.772. The van der Waals surface area contributed by atoms with Gasteiger partial charge in [-0.25, -0.2) is 4.39 Å². The van der Waals surface area contributed by atoms with Crippen molar-refractivity contribution in [2.75, 3.05) is 10.6 Å². The Kier molecular flexibility index (Phi) is 5.51. The van der Waals surface area contributed by atoms with Crippen LogP contribution in [-0.4, -0.2) is 11.8 Å². The van der Waals surface area contributed by atoms with Gasteiger partial charge in [-0.3, -0.25) is 9.59 Å². The third-order valence-electron chi connectivity index (χ3n) is 4.42. The molecule has 1 aromatic heterocycles. The van der Waals surface area contributed by atoms with Crippen molar-refractivity contribution in [2.45, 2.75) is 39.0 Å². The number of benzene rings is 1. The lowest BCUT2D eigenvalue weighted by molar-refractivity contribution is -0.112. The molecule has 0 atom stereocenters. The molecule has 1 aliphatic carbocycles. The molecular formula is C20H21FN2O3. The molecule has 2 amide bonds. The molecule has 3 rings (SSSR count). The van der Waals surface area contributed by atoms with E-state index in [9.17, 15) is 14.0 Å². The van der Waals surface area contributed by atoms with Crippen LogP contribution < -0.4 is 10.6 Å². The van der Waals surface area contributed by atoms with E-state index in [0.717, 1.165) is 31.3 Å². The molecule has 0 aliphatic heterocycles. The number of nitrogens with one attached hydrogen (secondary N) is 2. The van der Waals surface area contributed by atoms with E-state index < -0.39 is 11.7 Å². The van der Waals surface area contributed by atoms with Crippen LogP contribution in [0.5, 0.6) is 0 Å². The maximum atomic E-state index is 14.0. The fraction of sp³-hybridized carbons (Fsp3) is 0.300. The Morgan fingerprint density at radius 1 is 1.12 bits per heavy atom. The second-order valence-corrected chi connectivity index (χ2v) is 6.39. The Labute approximate surface area is 151 Å². The van der Waals surface area contributed by atoms with Crippen molar-refractivity contribution < 1.29 is 18.4 Å². The normalized spacial score (nSPS) is 14.0. The van der Waals surface area contributed by atoms with Gasteiger partial charge < -0.3 is 15.1 Å². The summed E-state index contributed by atoms with van der Waals surface area (Å²) < 4.78 is 19.1. The lowest BCUT2D eigenvalue weighted by atomic mass is 9.94. The molecule has 0 saturated heterocycles. The van der Waals surface area contributed by atoms with Crippen molar-refractivity contribution in [3.05, 3.63) is 59.3 Å². The second-order valence-electron chi connectivity index (χ2n) is 6.39. The fourth-order valence-corrected chi connectivity index (χ4v) is 3.02. The molecule has 0 bridgehead atoms. The van der Waals surface area contributed by atoms with Crippen molar-refractivity contribution in [1.29, 1.82) is 0 Å². The van der Waals surface area contributed by atoms with Crippen LogP contribution in [0.3, 0.4) is 0 Å². The van der Waals surface area contributed by atoms with Crippen molar-refractivity contribution in [3.63, 3.8) is 0 Å². The summed E-state index contributed by atoms with van der Waals surface area (Å²) in [5.74, 6) is -0.839. The second kappa shape index (κ2) is 7.99. The van der Waals surface area contributed by atoms with Gasteiger partial charge in [-0.2, -0.15) is 0 Å². The summed E-state index contributed by atoms with van der Waals surface area (Å²) in [6, 6.07) is 5.59. The molecule has 5 nitrogen and oxygen atoms in total. The zero-order chi connectivity index (χ0) is 18.5. The van der Waals surface area contributed by atoms with Crippen molar-refractivity contribution >= 4 is 23.2 Å². The van der Waals surface area contributed by atoms with Crippen LogP contribution in [0.4, 0.5) is 15.8 Å². The van der Waals surface area contributed by atoms with Crippen LogP contribution in [0.15, 0.2) is 46.6 Å². The minimum atomic E-state index is -0.580. The summed E-state index contributed by atoms with van der Waals surface area (Å²) in [7, 11) is 0. The largest absolute Gasteiger partial charge is 0.469 e. The zero-order valence-electron chi connectivity index (χ0n) is 14.6. The van der Waals surface area contributed by atoms with E-state index in [0.29, 0.717) is 17.0 Å². The summed E-state index contributed by atoms with van der Waals surface area (Å²) in [6.45, 7) is 1.65. The van der Waals surface area contributed by atoms with Crippen LogP contribution in [-0.2, 0) is 4.79 Å². The minimum absolute atomic E-state index is 0.00119. The molecule has 1 fully saturated rings. The van der Waals surface area contributed by atoms with Crippen LogP contribution in [0.2, 0.25) is 0 Å². The minimum Gasteiger partial charge on any atom is -0.469 e. The summed E-state index contributed by atoms with van der Waals surface area (Å²) in [6.07, 6.45) is 8.34. The lowest BCUT2D eigenvalue weighted by Crippen LogP contribution is -2.14. The molecule has 1 aliphatic rings. The van der Waals surface area contributed by atoms with Gasteiger partial charge in [0.25, 0.3) is 5.91 Å². The lowest BCUT2D eigenvalue weighted by Gasteiger charge is -2.13. The van der Waals surface area contributed by atoms with Gasteiger partial charge in [0.2, 0.25) is 5.91 Å². The SMILES string of the molecule is Cc1occc1C(=O)Nc1cc(NC(=O)C=C2CCCCC2)ccc1F. The predicted molar refractivity (Wildman–Crippen MR) is 97.6 cm³/mol. The highest BCUT2D eigenvalue weighted by Gasteiger charge is 2.14. The Morgan fingerprint density at radius 2 is 1.88 bits per heavy atom. The smallest absolute Gasteiger partial charge is 0.259 e. The van der Waals surface area contributed by atoms with Crippen LogP contribution >= 0.6 is 0 Å². The van der Waals surface area contributed by atoms with E-state index in [1.807, 2.05) is 0 Å². The Morgan fingerprint density at radius 3 is 2.58 bits per heavy atom. The molecule has 1 saturated carbocycles. The van der Waals surface area contributed by atoms with Crippen LogP contribution in [0.25, 0.3) is 0 Å². The van der Waals surface area contributed by atoms with E-state index in [4.69, 9.17) is 4.42 Å². The summed E-state index contributed by atoms with van der Waals surface area (Å²) >= 11 is 0. The number of aryl methyl sites for hydroxylation is 1. The summed E-state index contributed by atoms with van der Waals surface area (Å²) in [5, 5.41) is 5.23. The first-order valence-electron chi connectivity index (χ1n) is 8.68. The van der Waals surface area contributed by atoms with Gasteiger partial charge in [-0.05, 0) is 56.9 Å². The van der Waals surface area contributed by atoms with Crippen molar-refractivity contribution in [2.24, 2.45) is 0 Å². The van der Waals surface area contributed by atoms with Gasteiger partial charge in [0.15, 0.2) is 0 Å². The van der Waals surface area contributed by atoms with Gasteiger partial charge in [-0.1, -0.05) is 12.0 Å². The van der Waals surface area contributed by atoms with Crippen molar-refractivity contribution in [1.82, 2.24) is 0 Å². The first kappa shape index (κ1) is 17.9. The number of halogens is 1. The Bertz CT molecular complexity index is 846. The standard InChI is InChI=1S/C20H21FN2O3/c1-13-16(9-10-26-13)20(25)23-18-12-15(7-8-17(18)21)22-19(24)11-14-5-3-2-4-6-14/h7-12H,2-6H2,1H3,(H,22,24)(H,23,25). The average Bonchev–Trinajstić information content (AvgIpc) is 3.05. The monoisotopic (exact) mass is 356 g/mol. The number of hydrogen-bond donors (Lipinski definition) is 2. The molecule has 1 aromatic carbocycles. The molecule has 2 aromatic rings. The summed E-state index contributed by atoms with van der Waals surface area (Å²) in [5.41, 5.74) is 1.89. The summed E-state index contributed by atoms with van der Waals surface area (Å²) in [4.78, 5) is 24.4. The first-order valence-corrected chi connectivity index (χ1v) is 8.68. The van der Waals surface area contributed by atoms with E-state index >= 15 is 0 Å². The number of anilines is 2. The molecule has 6 heteroatoms. The van der Waals surface area contributed by atoms with E-state index in [1.165, 1.54) is 36.9 Å². The maximum absolute atomic E-state index is 14.0. The van der Waals surface area contributed by atoms with Gasteiger partial charge in [0, 0.05) is 11.8 Å². The molecule has 136 valence electrons. The number of hydrogen-bond acceptors (Lipinski definition) is 3. The van der Waals surface area contributed by atoms with Gasteiger partial charge in [-0.15, -0.1) is 0 Å². The van der Waals surface area contributed by atoms with E-state index in [2.05, 4.69) is 10.6 Å². The number of rotatable bonds is 4. The van der Waals surface area contributed by atoms with Gasteiger partial charge in [0.05, 0.1) is 17.5 Å². The average molecular weight is 356 g/mol. The molecular weight excluding hydrogens is 335 g/mol. The molecule has 2 N–H and O–H groups in total. The third kappa shape index (κ3) is 4.39. The number of furan rings is 1. The van der Waals surface area contributed by atoms with E-state index in [1.54, 1.807) is 13.0 Å². The maximum Gasteiger partial charge on any atom is 0.259 e. The van der Waals surface area contributed by atoms with E-state index in [-0.39, 0.29) is 11.6 Å². The van der Waals surface area contributed by atoms with Crippen LogP contribution in [0, 0.1) is 12.7 Å². The highest BCUT2D eigenvalue weighted by Crippen LogP contribution is 2.24. The first-order chi connectivity index (χ1) is 12.5. The molecule has 0 radical (unpaired) electrons. The molecule has 0 spiro atoms. The van der Waals surface area contributed by atoms with Crippen molar-refractivity contribution in [3.8, 4) is 0 Å². The molecule has 0 unspecified atom stereocenters. The molecule has 1 heterocycles. The number of carbonyl (C=O) groups is 2. The molecule has 26 heavy (non-hydrogen) atoms.